The molecule has 0 radical (unpaired) electrons. The molecule has 27 heavy (non-hydrogen) atoms. The van der Waals surface area contributed by atoms with Crippen molar-refractivity contribution >= 4 is 23.0 Å². The maximum Gasteiger partial charge on any atom is 0.287 e. The molecular formula is C21H24N4O2. The third kappa shape index (κ3) is 3.84. The Kier molecular flexibility index (Phi) is 5.26. The summed E-state index contributed by atoms with van der Waals surface area (Å²) in [5, 5.41) is 5.82. The van der Waals surface area contributed by atoms with Crippen LogP contribution < -0.4 is 10.6 Å². The number of fused-ring (bicyclic) bond motifs is 1. The van der Waals surface area contributed by atoms with Gasteiger partial charge in [-0.3, -0.25) is 14.0 Å². The lowest BCUT2D eigenvalue weighted by molar-refractivity contribution is 0.0928. The van der Waals surface area contributed by atoms with E-state index in [0.717, 1.165) is 23.2 Å². The number of nitrogens with one attached hydrogen (secondary N) is 2. The van der Waals surface area contributed by atoms with Gasteiger partial charge in [-0.1, -0.05) is 25.1 Å². The minimum Gasteiger partial charge on any atom is -0.347 e. The van der Waals surface area contributed by atoms with E-state index in [1.165, 1.54) is 0 Å². The van der Waals surface area contributed by atoms with Crippen molar-refractivity contribution in [1.29, 1.82) is 0 Å². The van der Waals surface area contributed by atoms with Crippen molar-refractivity contribution in [2.45, 2.75) is 40.2 Å². The first-order valence-corrected chi connectivity index (χ1v) is 9.07. The Morgan fingerprint density at radius 2 is 1.93 bits per heavy atom. The molecule has 0 aliphatic rings. The van der Waals surface area contributed by atoms with Crippen LogP contribution in [0.4, 0.5) is 5.69 Å². The zero-order valence-electron chi connectivity index (χ0n) is 16.0. The van der Waals surface area contributed by atoms with Gasteiger partial charge < -0.3 is 10.6 Å². The second kappa shape index (κ2) is 7.61. The van der Waals surface area contributed by atoms with Crippen LogP contribution in [-0.2, 0) is 0 Å². The maximum absolute atomic E-state index is 12.9. The Balaban J connectivity index is 1.98. The molecule has 0 fully saturated rings. The smallest absolute Gasteiger partial charge is 0.287 e. The standard InChI is InChI=1S/C21H24N4O2/c1-5-15(4)22-21(27)19-24-18(17-8-6-7-11-25(17)19)20(26)23-16-12-13(2)9-10-14(16)3/h6-12,15H,5H2,1-4H3,(H,22,27)(H,23,26). The number of carbonyl (C=O) groups is 2. The molecule has 6 heteroatoms. The summed E-state index contributed by atoms with van der Waals surface area (Å²) >= 11 is 0. The van der Waals surface area contributed by atoms with Gasteiger partial charge in [-0.15, -0.1) is 0 Å². The molecular weight excluding hydrogens is 340 g/mol. The van der Waals surface area contributed by atoms with Crippen molar-refractivity contribution in [1.82, 2.24) is 14.7 Å². The summed E-state index contributed by atoms with van der Waals surface area (Å²) in [4.78, 5) is 29.8. The van der Waals surface area contributed by atoms with E-state index in [-0.39, 0.29) is 29.4 Å². The highest BCUT2D eigenvalue weighted by Gasteiger charge is 2.22. The zero-order valence-corrected chi connectivity index (χ0v) is 16.0. The number of aromatic nitrogens is 2. The van der Waals surface area contributed by atoms with Crippen LogP contribution in [0.15, 0.2) is 42.6 Å². The minimum atomic E-state index is -0.338. The van der Waals surface area contributed by atoms with Gasteiger partial charge >= 0.3 is 0 Å². The predicted molar refractivity (Wildman–Crippen MR) is 106 cm³/mol. The average Bonchev–Trinajstić information content (AvgIpc) is 3.04. The summed E-state index contributed by atoms with van der Waals surface area (Å²) in [5.41, 5.74) is 3.58. The Morgan fingerprint density at radius 1 is 1.15 bits per heavy atom. The first-order valence-electron chi connectivity index (χ1n) is 9.07. The van der Waals surface area contributed by atoms with Crippen LogP contribution in [-0.4, -0.2) is 27.2 Å². The lowest BCUT2D eigenvalue weighted by atomic mass is 10.1. The van der Waals surface area contributed by atoms with Gasteiger partial charge in [0.1, 0.15) is 0 Å². The maximum atomic E-state index is 12.9. The number of amides is 2. The Bertz CT molecular complexity index is 1010. The summed E-state index contributed by atoms with van der Waals surface area (Å²) in [6, 6.07) is 11.3. The number of nitrogens with zero attached hydrogens (tertiary/aromatic N) is 2. The molecule has 2 heterocycles. The molecule has 1 atom stereocenters. The van der Waals surface area contributed by atoms with Gasteiger partial charge in [0.2, 0.25) is 5.82 Å². The molecule has 140 valence electrons. The van der Waals surface area contributed by atoms with E-state index >= 15 is 0 Å². The lowest BCUT2D eigenvalue weighted by Gasteiger charge is -2.10. The summed E-state index contributed by atoms with van der Waals surface area (Å²) in [5.74, 6) is -0.427. The highest BCUT2D eigenvalue weighted by Crippen LogP contribution is 2.19. The Hall–Kier alpha value is -3.15. The number of aryl methyl sites for hydroxylation is 2. The van der Waals surface area contributed by atoms with Gasteiger partial charge in [0.15, 0.2) is 5.69 Å². The Labute approximate surface area is 158 Å². The van der Waals surface area contributed by atoms with E-state index in [0.29, 0.717) is 5.52 Å². The van der Waals surface area contributed by atoms with Crippen molar-refractivity contribution in [3.63, 3.8) is 0 Å². The van der Waals surface area contributed by atoms with Gasteiger partial charge in [-0.05, 0) is 56.5 Å². The van der Waals surface area contributed by atoms with Crippen LogP contribution in [0.3, 0.4) is 0 Å². The first-order chi connectivity index (χ1) is 12.9. The number of carbonyl (C=O) groups excluding carboxylic acids is 2. The average molecular weight is 364 g/mol. The van der Waals surface area contributed by atoms with Gasteiger partial charge in [0.05, 0.1) is 5.52 Å². The summed E-state index contributed by atoms with van der Waals surface area (Å²) in [6.45, 7) is 7.84. The molecule has 0 aliphatic heterocycles. The summed E-state index contributed by atoms with van der Waals surface area (Å²) in [7, 11) is 0. The topological polar surface area (TPSA) is 75.5 Å². The first kappa shape index (κ1) is 18.6. The number of imidazole rings is 1. The number of benzene rings is 1. The van der Waals surface area contributed by atoms with Gasteiger partial charge in [0, 0.05) is 17.9 Å². The van der Waals surface area contributed by atoms with Gasteiger partial charge in [-0.2, -0.15) is 0 Å². The van der Waals surface area contributed by atoms with Crippen molar-refractivity contribution in [3.8, 4) is 0 Å². The molecule has 1 aromatic carbocycles. The van der Waals surface area contributed by atoms with Crippen molar-refractivity contribution in [2.24, 2.45) is 0 Å². The number of hydrogen-bond acceptors (Lipinski definition) is 3. The number of hydrogen-bond donors (Lipinski definition) is 2. The molecule has 3 rings (SSSR count). The number of anilines is 1. The van der Waals surface area contributed by atoms with Crippen LogP contribution in [0.1, 0.15) is 52.5 Å². The normalized spacial score (nSPS) is 12.0. The van der Waals surface area contributed by atoms with Crippen LogP contribution >= 0.6 is 0 Å². The van der Waals surface area contributed by atoms with Crippen molar-refractivity contribution in [3.05, 3.63) is 65.2 Å². The largest absolute Gasteiger partial charge is 0.347 e. The van der Waals surface area contributed by atoms with E-state index in [9.17, 15) is 9.59 Å². The van der Waals surface area contributed by atoms with Crippen LogP contribution in [0.2, 0.25) is 0 Å². The fourth-order valence-electron chi connectivity index (χ4n) is 2.81. The predicted octanol–water partition coefficient (Wildman–Crippen LogP) is 3.73. The van der Waals surface area contributed by atoms with E-state index in [1.54, 1.807) is 22.7 Å². The molecule has 0 saturated heterocycles. The molecule has 6 nitrogen and oxygen atoms in total. The summed E-state index contributed by atoms with van der Waals surface area (Å²) in [6.07, 6.45) is 2.55. The molecule has 0 bridgehead atoms. The SMILES string of the molecule is CCC(C)NC(=O)c1nc(C(=O)Nc2cc(C)ccc2C)c2ccccn12. The molecule has 3 aromatic rings. The molecule has 0 saturated carbocycles. The van der Waals surface area contributed by atoms with Gasteiger partial charge in [-0.25, -0.2) is 4.98 Å². The van der Waals surface area contributed by atoms with E-state index in [2.05, 4.69) is 15.6 Å². The fourth-order valence-corrected chi connectivity index (χ4v) is 2.81. The van der Waals surface area contributed by atoms with E-state index in [4.69, 9.17) is 0 Å². The third-order valence-electron chi connectivity index (χ3n) is 4.60. The molecule has 0 spiro atoms. The molecule has 2 N–H and O–H groups in total. The minimum absolute atomic E-state index is 0.0285. The molecule has 1 unspecified atom stereocenters. The summed E-state index contributed by atoms with van der Waals surface area (Å²) < 4.78 is 1.65. The lowest BCUT2D eigenvalue weighted by Crippen LogP contribution is -2.33. The van der Waals surface area contributed by atoms with Crippen LogP contribution in [0.5, 0.6) is 0 Å². The monoisotopic (exact) mass is 364 g/mol. The number of rotatable bonds is 5. The second-order valence-corrected chi connectivity index (χ2v) is 6.80. The second-order valence-electron chi connectivity index (χ2n) is 6.80. The van der Waals surface area contributed by atoms with Crippen molar-refractivity contribution < 1.29 is 9.59 Å². The zero-order chi connectivity index (χ0) is 19.6. The van der Waals surface area contributed by atoms with Crippen molar-refractivity contribution in [2.75, 3.05) is 5.32 Å². The third-order valence-corrected chi connectivity index (χ3v) is 4.60. The highest BCUT2D eigenvalue weighted by atomic mass is 16.2. The van der Waals surface area contributed by atoms with Crippen LogP contribution in [0, 0.1) is 13.8 Å². The van der Waals surface area contributed by atoms with E-state index < -0.39 is 0 Å². The van der Waals surface area contributed by atoms with Crippen LogP contribution in [0.25, 0.3) is 5.52 Å². The fraction of sp³-hybridized carbons (Fsp3) is 0.286. The molecule has 2 amide bonds. The van der Waals surface area contributed by atoms with Gasteiger partial charge in [0.25, 0.3) is 11.8 Å². The quantitative estimate of drug-likeness (QED) is 0.724. The molecule has 0 aliphatic carbocycles. The molecule has 2 aromatic heterocycles. The number of pyridine rings is 1. The highest BCUT2D eigenvalue weighted by molar-refractivity contribution is 6.09. The van der Waals surface area contributed by atoms with E-state index in [1.807, 2.05) is 52.0 Å². The Morgan fingerprint density at radius 3 is 2.67 bits per heavy atom.